The molecule has 5 nitrogen and oxygen atoms in total. The fourth-order valence-electron chi connectivity index (χ4n) is 1.69. The SMILES string of the molecule is O=C(O)c1ccc(C(=O)NC2CCCOC2)s1. The van der Waals surface area contributed by atoms with Gasteiger partial charge >= 0.3 is 5.97 Å². The van der Waals surface area contributed by atoms with Gasteiger partial charge in [0.25, 0.3) is 5.91 Å². The molecule has 0 spiro atoms. The predicted octanol–water partition coefficient (Wildman–Crippen LogP) is 1.36. The Labute approximate surface area is 102 Å². The van der Waals surface area contributed by atoms with Crippen molar-refractivity contribution in [1.82, 2.24) is 5.32 Å². The normalized spacial score (nSPS) is 19.9. The molecular formula is C11H13NO4S. The molecule has 1 amide bonds. The molecule has 2 heterocycles. The number of aromatic carboxylic acids is 1. The Morgan fingerprint density at radius 2 is 2.18 bits per heavy atom. The molecule has 0 aromatic carbocycles. The van der Waals surface area contributed by atoms with Gasteiger partial charge in [0.1, 0.15) is 4.88 Å². The van der Waals surface area contributed by atoms with E-state index in [9.17, 15) is 9.59 Å². The van der Waals surface area contributed by atoms with Crippen LogP contribution >= 0.6 is 11.3 Å². The maximum Gasteiger partial charge on any atom is 0.345 e. The first-order valence-corrected chi connectivity index (χ1v) is 6.20. The first-order valence-electron chi connectivity index (χ1n) is 5.38. The first-order chi connectivity index (χ1) is 8.16. The summed E-state index contributed by atoms with van der Waals surface area (Å²) in [6, 6.07) is 3.01. The largest absolute Gasteiger partial charge is 0.477 e. The van der Waals surface area contributed by atoms with E-state index in [0.717, 1.165) is 30.8 Å². The molecule has 17 heavy (non-hydrogen) atoms. The average molecular weight is 255 g/mol. The molecule has 0 bridgehead atoms. The highest BCUT2D eigenvalue weighted by Crippen LogP contribution is 2.17. The molecule has 2 rings (SSSR count). The van der Waals surface area contributed by atoms with Crippen molar-refractivity contribution in [2.45, 2.75) is 18.9 Å². The molecule has 1 fully saturated rings. The van der Waals surface area contributed by atoms with Crippen LogP contribution in [0.25, 0.3) is 0 Å². The van der Waals surface area contributed by atoms with Crippen molar-refractivity contribution >= 4 is 23.2 Å². The van der Waals surface area contributed by atoms with Crippen molar-refractivity contribution in [3.63, 3.8) is 0 Å². The second-order valence-electron chi connectivity index (χ2n) is 3.86. The van der Waals surface area contributed by atoms with Crippen LogP contribution in [0.5, 0.6) is 0 Å². The Morgan fingerprint density at radius 1 is 1.41 bits per heavy atom. The lowest BCUT2D eigenvalue weighted by atomic mass is 10.1. The standard InChI is InChI=1S/C11H13NO4S/c13-10(12-7-2-1-5-16-6-7)8-3-4-9(17-8)11(14)15/h3-4,7H,1-2,5-6H2,(H,12,13)(H,14,15). The quantitative estimate of drug-likeness (QED) is 0.855. The number of ether oxygens (including phenoxy) is 1. The minimum Gasteiger partial charge on any atom is -0.477 e. The van der Waals surface area contributed by atoms with E-state index in [0.29, 0.717) is 11.5 Å². The van der Waals surface area contributed by atoms with Gasteiger partial charge in [-0.05, 0) is 25.0 Å². The van der Waals surface area contributed by atoms with E-state index in [-0.39, 0.29) is 16.8 Å². The van der Waals surface area contributed by atoms with E-state index in [4.69, 9.17) is 9.84 Å². The lowest BCUT2D eigenvalue weighted by molar-refractivity contribution is 0.0626. The molecule has 1 unspecified atom stereocenters. The van der Waals surface area contributed by atoms with Crippen LogP contribution in [0.4, 0.5) is 0 Å². The smallest absolute Gasteiger partial charge is 0.345 e. The third-order valence-corrected chi connectivity index (χ3v) is 3.61. The van der Waals surface area contributed by atoms with E-state index in [2.05, 4.69) is 5.32 Å². The number of hydrogen-bond acceptors (Lipinski definition) is 4. The van der Waals surface area contributed by atoms with E-state index in [1.165, 1.54) is 12.1 Å². The predicted molar refractivity (Wildman–Crippen MR) is 62.6 cm³/mol. The molecule has 2 N–H and O–H groups in total. The van der Waals surface area contributed by atoms with Crippen molar-refractivity contribution in [3.8, 4) is 0 Å². The van der Waals surface area contributed by atoms with Gasteiger partial charge < -0.3 is 15.2 Å². The van der Waals surface area contributed by atoms with Crippen LogP contribution in [0.15, 0.2) is 12.1 Å². The number of carbonyl (C=O) groups is 2. The zero-order valence-electron chi connectivity index (χ0n) is 9.14. The molecule has 1 aliphatic rings. The Morgan fingerprint density at radius 3 is 2.76 bits per heavy atom. The molecule has 1 aromatic heterocycles. The highest BCUT2D eigenvalue weighted by molar-refractivity contribution is 7.15. The zero-order chi connectivity index (χ0) is 12.3. The van der Waals surface area contributed by atoms with Gasteiger partial charge in [-0.15, -0.1) is 11.3 Å². The maximum absolute atomic E-state index is 11.8. The Balaban J connectivity index is 1.96. The highest BCUT2D eigenvalue weighted by Gasteiger charge is 2.19. The first kappa shape index (κ1) is 12.1. The van der Waals surface area contributed by atoms with Gasteiger partial charge in [-0.2, -0.15) is 0 Å². The van der Waals surface area contributed by atoms with Gasteiger partial charge in [0.15, 0.2) is 0 Å². The summed E-state index contributed by atoms with van der Waals surface area (Å²) in [5, 5.41) is 11.6. The van der Waals surface area contributed by atoms with E-state index >= 15 is 0 Å². The molecule has 92 valence electrons. The number of carboxylic acids is 1. The lowest BCUT2D eigenvalue weighted by Crippen LogP contribution is -2.40. The van der Waals surface area contributed by atoms with Gasteiger partial charge in [-0.1, -0.05) is 0 Å². The van der Waals surface area contributed by atoms with E-state index in [1.54, 1.807) is 0 Å². The molecule has 0 saturated carbocycles. The topological polar surface area (TPSA) is 75.6 Å². The van der Waals surface area contributed by atoms with Crippen LogP contribution in [0, 0.1) is 0 Å². The van der Waals surface area contributed by atoms with Crippen LogP contribution in [-0.2, 0) is 4.74 Å². The van der Waals surface area contributed by atoms with E-state index in [1.807, 2.05) is 0 Å². The zero-order valence-corrected chi connectivity index (χ0v) is 9.96. The van der Waals surface area contributed by atoms with Crippen LogP contribution in [0.1, 0.15) is 32.2 Å². The number of rotatable bonds is 3. The summed E-state index contributed by atoms with van der Waals surface area (Å²) in [4.78, 5) is 23.1. The fourth-order valence-corrected chi connectivity index (χ4v) is 2.43. The fraction of sp³-hybridized carbons (Fsp3) is 0.455. The average Bonchev–Trinajstić information content (AvgIpc) is 2.79. The molecule has 1 aromatic rings. The third-order valence-electron chi connectivity index (χ3n) is 2.54. The van der Waals surface area contributed by atoms with Gasteiger partial charge in [0, 0.05) is 6.61 Å². The summed E-state index contributed by atoms with van der Waals surface area (Å²) < 4.78 is 5.26. The van der Waals surface area contributed by atoms with Gasteiger partial charge in [-0.3, -0.25) is 4.79 Å². The second kappa shape index (κ2) is 5.29. The number of nitrogens with one attached hydrogen (secondary N) is 1. The van der Waals surface area contributed by atoms with Crippen molar-refractivity contribution in [1.29, 1.82) is 0 Å². The molecule has 1 aliphatic heterocycles. The summed E-state index contributed by atoms with van der Waals surface area (Å²) in [5.74, 6) is -1.23. The summed E-state index contributed by atoms with van der Waals surface area (Å²) in [5.41, 5.74) is 0. The molecule has 0 radical (unpaired) electrons. The second-order valence-corrected chi connectivity index (χ2v) is 4.94. The molecule has 1 saturated heterocycles. The number of carbonyl (C=O) groups excluding carboxylic acids is 1. The van der Waals surface area contributed by atoms with Crippen LogP contribution in [0.2, 0.25) is 0 Å². The van der Waals surface area contributed by atoms with Crippen molar-refractivity contribution < 1.29 is 19.4 Å². The van der Waals surface area contributed by atoms with Crippen molar-refractivity contribution in [3.05, 3.63) is 21.9 Å². The van der Waals surface area contributed by atoms with Crippen LogP contribution in [0.3, 0.4) is 0 Å². The summed E-state index contributed by atoms with van der Waals surface area (Å²) in [6.45, 7) is 1.28. The Bertz CT molecular complexity index is 423. The summed E-state index contributed by atoms with van der Waals surface area (Å²) >= 11 is 0.985. The Kier molecular flexibility index (Phi) is 3.75. The summed E-state index contributed by atoms with van der Waals surface area (Å²) in [6.07, 6.45) is 1.85. The minimum atomic E-state index is -1.00. The highest BCUT2D eigenvalue weighted by atomic mass is 32.1. The molecule has 1 atom stereocenters. The number of thiophene rings is 1. The van der Waals surface area contributed by atoms with Gasteiger partial charge in [0.2, 0.25) is 0 Å². The van der Waals surface area contributed by atoms with Crippen LogP contribution in [-0.4, -0.2) is 36.2 Å². The monoisotopic (exact) mass is 255 g/mol. The van der Waals surface area contributed by atoms with Crippen molar-refractivity contribution in [2.75, 3.05) is 13.2 Å². The molecular weight excluding hydrogens is 242 g/mol. The van der Waals surface area contributed by atoms with Crippen LogP contribution < -0.4 is 5.32 Å². The number of hydrogen-bond donors (Lipinski definition) is 2. The Hall–Kier alpha value is -1.40. The number of carboxylic acid groups (broad SMARTS) is 1. The number of amides is 1. The van der Waals surface area contributed by atoms with Crippen molar-refractivity contribution in [2.24, 2.45) is 0 Å². The maximum atomic E-state index is 11.8. The third kappa shape index (κ3) is 3.04. The van der Waals surface area contributed by atoms with Gasteiger partial charge in [0.05, 0.1) is 17.5 Å². The lowest BCUT2D eigenvalue weighted by Gasteiger charge is -2.22. The van der Waals surface area contributed by atoms with E-state index < -0.39 is 5.97 Å². The molecule has 6 heteroatoms. The minimum absolute atomic E-state index is 0.0339. The molecule has 0 aliphatic carbocycles. The van der Waals surface area contributed by atoms with Gasteiger partial charge in [-0.25, -0.2) is 4.79 Å². The summed E-state index contributed by atoms with van der Waals surface area (Å²) in [7, 11) is 0.